The number of benzene rings is 1. The van der Waals surface area contributed by atoms with Crippen LogP contribution in [0.1, 0.15) is 70.4 Å². The monoisotopic (exact) mass is 482 g/mol. The number of hydrogen-bond acceptors (Lipinski definition) is 5. The van der Waals surface area contributed by atoms with Gasteiger partial charge in [0.1, 0.15) is 11.9 Å². The fraction of sp³-hybridized carbons (Fsp3) is 0.680. The third-order valence-electron chi connectivity index (χ3n) is 5.80. The van der Waals surface area contributed by atoms with Gasteiger partial charge in [-0.15, -0.1) is 11.6 Å². The molecule has 0 unspecified atom stereocenters. The maximum atomic E-state index is 13.6. The number of nitrogens with zero attached hydrogens (tertiary/aromatic N) is 1. The molecule has 0 aromatic heterocycles. The minimum atomic E-state index is -0.811. The highest BCUT2D eigenvalue weighted by atomic mass is 35.5. The third kappa shape index (κ3) is 8.38. The second-order valence-electron chi connectivity index (χ2n) is 8.28. The molecule has 2 rings (SSSR count). The molecule has 1 aromatic carbocycles. The number of carbonyl (C=O) groups is 2. The van der Waals surface area contributed by atoms with E-state index >= 15 is 0 Å². The van der Waals surface area contributed by atoms with E-state index in [4.69, 9.17) is 25.8 Å². The number of amides is 2. The number of rotatable bonds is 14. The lowest BCUT2D eigenvalue weighted by atomic mass is 9.94. The summed E-state index contributed by atoms with van der Waals surface area (Å²) in [6.07, 6.45) is 6.80. The molecule has 0 aliphatic heterocycles. The third-order valence-corrected chi connectivity index (χ3v) is 6.03. The highest BCUT2D eigenvalue weighted by Crippen LogP contribution is 2.33. The van der Waals surface area contributed by atoms with Gasteiger partial charge in [0.15, 0.2) is 11.5 Å². The molecule has 1 aromatic rings. The highest BCUT2D eigenvalue weighted by molar-refractivity contribution is 6.27. The molecular weight excluding hydrogens is 444 g/mol. The number of nitrogens with one attached hydrogen (secondary N) is 1. The zero-order valence-corrected chi connectivity index (χ0v) is 21.0. The van der Waals surface area contributed by atoms with Crippen LogP contribution in [0.25, 0.3) is 0 Å². The van der Waals surface area contributed by atoms with Gasteiger partial charge in [0.05, 0.1) is 13.7 Å². The summed E-state index contributed by atoms with van der Waals surface area (Å²) in [7, 11) is 1.57. The summed E-state index contributed by atoms with van der Waals surface area (Å²) in [6.45, 7) is 6.00. The molecule has 0 radical (unpaired) electrons. The molecule has 0 spiro atoms. The van der Waals surface area contributed by atoms with Gasteiger partial charge in [0.25, 0.3) is 0 Å². The molecule has 1 N–H and O–H groups in total. The van der Waals surface area contributed by atoms with Crippen LogP contribution in [0.5, 0.6) is 11.5 Å². The number of carbonyl (C=O) groups excluding carboxylic acids is 2. The summed E-state index contributed by atoms with van der Waals surface area (Å²) < 4.78 is 16.8. The van der Waals surface area contributed by atoms with Gasteiger partial charge in [-0.3, -0.25) is 9.59 Å². The Morgan fingerprint density at radius 3 is 2.55 bits per heavy atom. The maximum Gasteiger partial charge on any atom is 0.247 e. The molecule has 186 valence electrons. The lowest BCUT2D eigenvalue weighted by Gasteiger charge is -2.33. The van der Waals surface area contributed by atoms with Gasteiger partial charge in [0, 0.05) is 25.8 Å². The Morgan fingerprint density at radius 1 is 1.15 bits per heavy atom. The zero-order chi connectivity index (χ0) is 24.1. The minimum Gasteiger partial charge on any atom is -0.493 e. The van der Waals surface area contributed by atoms with Crippen molar-refractivity contribution in [3.05, 3.63) is 23.8 Å². The number of methoxy groups -OCH3 is 1. The van der Waals surface area contributed by atoms with Crippen LogP contribution < -0.4 is 14.8 Å². The van der Waals surface area contributed by atoms with Crippen LogP contribution in [0.15, 0.2) is 18.2 Å². The number of ether oxygens (including phenoxy) is 3. The van der Waals surface area contributed by atoms with Gasteiger partial charge in [-0.1, -0.05) is 32.3 Å². The summed E-state index contributed by atoms with van der Waals surface area (Å²) in [5.41, 5.74) is 0.666. The molecule has 1 fully saturated rings. The van der Waals surface area contributed by atoms with Crippen LogP contribution in [0.4, 0.5) is 0 Å². The summed E-state index contributed by atoms with van der Waals surface area (Å²) in [5.74, 6) is 0.463. The van der Waals surface area contributed by atoms with Crippen molar-refractivity contribution in [2.24, 2.45) is 0 Å². The molecule has 0 heterocycles. The van der Waals surface area contributed by atoms with Crippen LogP contribution in [0.2, 0.25) is 0 Å². The molecule has 1 atom stereocenters. The van der Waals surface area contributed by atoms with Gasteiger partial charge < -0.3 is 24.4 Å². The predicted molar refractivity (Wildman–Crippen MR) is 130 cm³/mol. The SMILES string of the molecule is CCCOc1ccc([C@H](C(=O)NC2CCCCC2)N(CCCOCC)C(=O)CCl)cc1OC. The molecule has 2 amide bonds. The Morgan fingerprint density at radius 2 is 1.91 bits per heavy atom. The highest BCUT2D eigenvalue weighted by Gasteiger charge is 2.33. The standard InChI is InChI=1S/C25H39ClN2O5/c1-4-15-33-21-13-12-19(17-22(21)31-3)24(25(30)27-20-10-7-6-8-11-20)28(23(29)18-26)14-9-16-32-5-2/h12-13,17,20,24H,4-11,14-16,18H2,1-3H3,(H,27,30)/t24-/m1/s1. The van der Waals surface area contributed by atoms with Gasteiger partial charge in [-0.25, -0.2) is 0 Å². The smallest absolute Gasteiger partial charge is 0.247 e. The fourth-order valence-corrected chi connectivity index (χ4v) is 4.29. The average molecular weight is 483 g/mol. The summed E-state index contributed by atoms with van der Waals surface area (Å²) in [5, 5.41) is 3.19. The maximum absolute atomic E-state index is 13.6. The van der Waals surface area contributed by atoms with E-state index < -0.39 is 6.04 Å². The van der Waals surface area contributed by atoms with E-state index in [1.807, 2.05) is 19.9 Å². The van der Waals surface area contributed by atoms with Crippen LogP contribution in [-0.4, -0.2) is 62.1 Å². The molecule has 8 heteroatoms. The zero-order valence-electron chi connectivity index (χ0n) is 20.2. The Hall–Kier alpha value is -1.99. The molecule has 7 nitrogen and oxygen atoms in total. The second-order valence-corrected chi connectivity index (χ2v) is 8.54. The lowest BCUT2D eigenvalue weighted by molar-refractivity contribution is -0.139. The van der Waals surface area contributed by atoms with Crippen molar-refractivity contribution >= 4 is 23.4 Å². The molecule has 33 heavy (non-hydrogen) atoms. The minimum absolute atomic E-state index is 0.124. The van der Waals surface area contributed by atoms with Gasteiger partial charge >= 0.3 is 0 Å². The molecule has 1 saturated carbocycles. The fourth-order valence-electron chi connectivity index (χ4n) is 4.14. The second kappa shape index (κ2) is 15.0. The van der Waals surface area contributed by atoms with E-state index in [-0.39, 0.29) is 23.7 Å². The molecule has 0 bridgehead atoms. The summed E-state index contributed by atoms with van der Waals surface area (Å²) >= 11 is 5.96. The first kappa shape index (κ1) is 27.3. The molecule has 0 saturated heterocycles. The van der Waals surface area contributed by atoms with Crippen molar-refractivity contribution in [2.75, 3.05) is 39.4 Å². The largest absolute Gasteiger partial charge is 0.493 e. The van der Waals surface area contributed by atoms with E-state index in [1.54, 1.807) is 24.1 Å². The summed E-state index contributed by atoms with van der Waals surface area (Å²) in [6, 6.07) is 4.73. The van der Waals surface area contributed by atoms with Crippen molar-refractivity contribution in [3.8, 4) is 11.5 Å². The van der Waals surface area contributed by atoms with E-state index in [2.05, 4.69) is 5.32 Å². The van der Waals surface area contributed by atoms with E-state index in [0.29, 0.717) is 49.8 Å². The van der Waals surface area contributed by atoms with Gasteiger partial charge in [-0.2, -0.15) is 0 Å². The number of halogens is 1. The van der Waals surface area contributed by atoms with Crippen molar-refractivity contribution in [1.29, 1.82) is 0 Å². The normalized spacial score (nSPS) is 15.0. The van der Waals surface area contributed by atoms with Crippen LogP contribution in [0, 0.1) is 0 Å². The number of alkyl halides is 1. The molecule has 1 aliphatic rings. The van der Waals surface area contributed by atoms with Gasteiger partial charge in [0.2, 0.25) is 11.8 Å². The molecule has 1 aliphatic carbocycles. The van der Waals surface area contributed by atoms with E-state index in [9.17, 15) is 9.59 Å². The van der Waals surface area contributed by atoms with Crippen molar-refractivity contribution < 1.29 is 23.8 Å². The van der Waals surface area contributed by atoms with Crippen molar-refractivity contribution in [1.82, 2.24) is 10.2 Å². The molecular formula is C25H39ClN2O5. The topological polar surface area (TPSA) is 77.1 Å². The Labute approximate surface area is 203 Å². The van der Waals surface area contributed by atoms with Crippen LogP contribution >= 0.6 is 11.6 Å². The predicted octanol–water partition coefficient (Wildman–Crippen LogP) is 4.47. The van der Waals surface area contributed by atoms with E-state index in [1.165, 1.54) is 6.42 Å². The van der Waals surface area contributed by atoms with Crippen molar-refractivity contribution in [2.45, 2.75) is 70.9 Å². The Balaban J connectivity index is 2.36. The van der Waals surface area contributed by atoms with Crippen LogP contribution in [0.3, 0.4) is 0 Å². The van der Waals surface area contributed by atoms with E-state index in [0.717, 1.165) is 32.1 Å². The Kier molecular flexibility index (Phi) is 12.4. The van der Waals surface area contributed by atoms with Crippen molar-refractivity contribution in [3.63, 3.8) is 0 Å². The first-order valence-electron chi connectivity index (χ1n) is 12.1. The quantitative estimate of drug-likeness (QED) is 0.313. The van der Waals surface area contributed by atoms with Crippen LogP contribution in [-0.2, 0) is 14.3 Å². The average Bonchev–Trinajstić information content (AvgIpc) is 2.84. The van der Waals surface area contributed by atoms with Gasteiger partial charge in [-0.05, 0) is 50.3 Å². The summed E-state index contributed by atoms with van der Waals surface area (Å²) in [4.78, 5) is 28.0. The first-order valence-corrected chi connectivity index (χ1v) is 12.6. The number of hydrogen-bond donors (Lipinski definition) is 1. The lowest BCUT2D eigenvalue weighted by Crippen LogP contribution is -2.48. The Bertz CT molecular complexity index is 740. The first-order chi connectivity index (χ1) is 16.0.